The second-order valence-electron chi connectivity index (χ2n) is 4.65. The van der Waals surface area contributed by atoms with Crippen LogP contribution in [0.15, 0.2) is 69.1 Å². The molecule has 0 N–H and O–H groups in total. The minimum atomic E-state index is -0.396. The number of halogens is 2. The number of ketones is 1. The van der Waals surface area contributed by atoms with Gasteiger partial charge in [-0.15, -0.1) is 0 Å². The molecule has 0 fully saturated rings. The largest absolute Gasteiger partial charge is 0.288 e. The Balaban J connectivity index is 2.10. The Morgan fingerprint density at radius 2 is 1.64 bits per heavy atom. The molecule has 0 bridgehead atoms. The summed E-state index contributed by atoms with van der Waals surface area (Å²) in [5, 5.41) is 0.0531. The summed E-state index contributed by atoms with van der Waals surface area (Å²) in [7, 11) is 0. The molecule has 3 nitrogen and oxygen atoms in total. The Labute approximate surface area is 140 Å². The quantitative estimate of drug-likeness (QED) is 0.743. The molecule has 0 aliphatic heterocycles. The van der Waals surface area contributed by atoms with Crippen LogP contribution in [0.5, 0.6) is 0 Å². The highest BCUT2D eigenvalue weighted by atomic mass is 79.9. The van der Waals surface area contributed by atoms with Crippen molar-refractivity contribution in [2.45, 2.75) is 0 Å². The van der Waals surface area contributed by atoms with Crippen molar-refractivity contribution < 1.29 is 9.59 Å². The van der Waals surface area contributed by atoms with Crippen LogP contribution in [0.2, 0.25) is 0 Å². The molecule has 1 amide bonds. The van der Waals surface area contributed by atoms with Crippen molar-refractivity contribution in [1.82, 2.24) is 0 Å². The molecule has 3 rings (SSSR count). The molecule has 0 unspecified atom stereocenters. The first kappa shape index (κ1) is 14.9. The molecule has 108 valence electrons. The molecule has 0 aromatic heterocycles. The zero-order valence-corrected chi connectivity index (χ0v) is 13.6. The van der Waals surface area contributed by atoms with Gasteiger partial charge in [0.25, 0.3) is 5.91 Å². The highest BCUT2D eigenvalue weighted by molar-refractivity contribution is 9.10. The molecular formula is C17H9BrClNO2. The normalized spacial score (nSPS) is 15.5. The third-order valence-electron chi connectivity index (χ3n) is 3.25. The topological polar surface area (TPSA) is 46.5 Å². The van der Waals surface area contributed by atoms with Crippen LogP contribution in [0, 0.1) is 0 Å². The van der Waals surface area contributed by atoms with Crippen LogP contribution in [0.3, 0.4) is 0 Å². The first-order chi connectivity index (χ1) is 10.6. The van der Waals surface area contributed by atoms with Crippen LogP contribution < -0.4 is 0 Å². The van der Waals surface area contributed by atoms with E-state index in [0.29, 0.717) is 26.9 Å². The van der Waals surface area contributed by atoms with Crippen molar-refractivity contribution in [3.05, 3.63) is 80.8 Å². The molecule has 0 saturated carbocycles. The molecule has 0 saturated heterocycles. The predicted molar refractivity (Wildman–Crippen MR) is 89.7 cm³/mol. The average molecular weight is 375 g/mol. The smallest absolute Gasteiger partial charge is 0.278 e. The fourth-order valence-corrected chi connectivity index (χ4v) is 2.85. The number of amides is 1. The fourth-order valence-electron chi connectivity index (χ4n) is 2.19. The average Bonchev–Trinajstić information content (AvgIpc) is 2.52. The number of hydrogen-bond acceptors (Lipinski definition) is 2. The summed E-state index contributed by atoms with van der Waals surface area (Å²) >= 11 is 9.29. The standard InChI is InChI=1S/C17H9BrClNO2/c18-13-8-4-3-7-12(13)17(22)20-15-9-14(19)16(21)11-6-2-1-5-10(11)15/h1-9H. The maximum atomic E-state index is 12.4. The van der Waals surface area contributed by atoms with Gasteiger partial charge in [0.15, 0.2) is 0 Å². The number of carbonyl (C=O) groups is 2. The minimum absolute atomic E-state index is 0.0531. The number of Topliss-reactive ketones (excluding diaryl/α,β-unsaturated/α-hetero) is 1. The zero-order valence-electron chi connectivity index (χ0n) is 11.2. The van der Waals surface area contributed by atoms with Crippen molar-refractivity contribution in [3.8, 4) is 0 Å². The maximum Gasteiger partial charge on any atom is 0.278 e. The third-order valence-corrected chi connectivity index (χ3v) is 4.23. The van der Waals surface area contributed by atoms with E-state index in [9.17, 15) is 9.59 Å². The van der Waals surface area contributed by atoms with Gasteiger partial charge in [-0.25, -0.2) is 4.99 Å². The highest BCUT2D eigenvalue weighted by Crippen LogP contribution is 2.24. The van der Waals surface area contributed by atoms with Crippen molar-refractivity contribution in [2.24, 2.45) is 4.99 Å². The maximum absolute atomic E-state index is 12.4. The van der Waals surface area contributed by atoms with E-state index in [1.54, 1.807) is 42.5 Å². The number of carbonyl (C=O) groups excluding carboxylic acids is 2. The lowest BCUT2D eigenvalue weighted by atomic mass is 9.94. The number of benzene rings is 2. The Hall–Kier alpha value is -2.04. The summed E-state index contributed by atoms with van der Waals surface area (Å²) in [4.78, 5) is 28.5. The number of nitrogens with zero attached hydrogens (tertiary/aromatic N) is 1. The molecule has 0 radical (unpaired) electrons. The van der Waals surface area contributed by atoms with Crippen LogP contribution in [0.25, 0.3) is 0 Å². The SMILES string of the molecule is O=C(N=C1C=C(Cl)C(=O)c2ccccc21)c1ccccc1Br. The van der Waals surface area contributed by atoms with Crippen LogP contribution in [0.1, 0.15) is 26.3 Å². The lowest BCUT2D eigenvalue weighted by Gasteiger charge is -2.13. The van der Waals surface area contributed by atoms with Crippen LogP contribution in [0.4, 0.5) is 0 Å². The molecule has 1 aliphatic carbocycles. The van der Waals surface area contributed by atoms with Gasteiger partial charge in [0, 0.05) is 15.6 Å². The highest BCUT2D eigenvalue weighted by Gasteiger charge is 2.23. The monoisotopic (exact) mass is 373 g/mol. The van der Waals surface area contributed by atoms with Crippen molar-refractivity contribution in [1.29, 1.82) is 0 Å². The Bertz CT molecular complexity index is 855. The van der Waals surface area contributed by atoms with E-state index in [-0.39, 0.29) is 10.8 Å². The van der Waals surface area contributed by atoms with Crippen molar-refractivity contribution in [3.63, 3.8) is 0 Å². The molecule has 5 heteroatoms. The van der Waals surface area contributed by atoms with E-state index in [0.717, 1.165) is 0 Å². The van der Waals surface area contributed by atoms with Gasteiger partial charge in [-0.3, -0.25) is 9.59 Å². The van der Waals surface area contributed by atoms with Crippen LogP contribution >= 0.6 is 27.5 Å². The summed E-state index contributed by atoms with van der Waals surface area (Å²) in [6, 6.07) is 14.0. The number of allylic oxidation sites excluding steroid dienone is 2. The molecule has 2 aromatic carbocycles. The van der Waals surface area contributed by atoms with Crippen molar-refractivity contribution >= 4 is 44.9 Å². The Morgan fingerprint density at radius 1 is 1.00 bits per heavy atom. The summed E-state index contributed by atoms with van der Waals surface area (Å²) in [5.74, 6) is -0.656. The number of fused-ring (bicyclic) bond motifs is 1. The molecule has 2 aromatic rings. The predicted octanol–water partition coefficient (Wildman–Crippen LogP) is 4.40. The minimum Gasteiger partial charge on any atom is -0.288 e. The second kappa shape index (κ2) is 5.99. The van der Waals surface area contributed by atoms with E-state index in [1.165, 1.54) is 6.08 Å². The first-order valence-electron chi connectivity index (χ1n) is 6.47. The lowest BCUT2D eigenvalue weighted by Crippen LogP contribution is -2.16. The fraction of sp³-hybridized carbons (Fsp3) is 0. The van der Waals surface area contributed by atoms with Gasteiger partial charge in [0.05, 0.1) is 16.3 Å². The summed E-state index contributed by atoms with van der Waals surface area (Å²) in [6.45, 7) is 0. The van der Waals surface area contributed by atoms with Gasteiger partial charge < -0.3 is 0 Å². The zero-order chi connectivity index (χ0) is 15.7. The Morgan fingerprint density at radius 3 is 2.36 bits per heavy atom. The lowest BCUT2D eigenvalue weighted by molar-refractivity contribution is 0.0999. The van der Waals surface area contributed by atoms with Gasteiger partial charge in [0.1, 0.15) is 0 Å². The van der Waals surface area contributed by atoms with Gasteiger partial charge in [-0.2, -0.15) is 0 Å². The summed E-state index contributed by atoms with van der Waals surface area (Å²) in [6.07, 6.45) is 1.43. The number of aliphatic imine (C=N–C) groups is 1. The van der Waals surface area contributed by atoms with E-state index >= 15 is 0 Å². The number of hydrogen-bond donors (Lipinski definition) is 0. The third kappa shape index (κ3) is 2.67. The number of rotatable bonds is 1. The molecule has 0 heterocycles. The molecule has 0 atom stereocenters. The van der Waals surface area contributed by atoms with Crippen LogP contribution in [-0.2, 0) is 0 Å². The molecular weight excluding hydrogens is 366 g/mol. The van der Waals surface area contributed by atoms with Crippen molar-refractivity contribution in [2.75, 3.05) is 0 Å². The van der Waals surface area contributed by atoms with E-state index in [4.69, 9.17) is 11.6 Å². The van der Waals surface area contributed by atoms with Crippen LogP contribution in [-0.4, -0.2) is 17.4 Å². The van der Waals surface area contributed by atoms with Gasteiger partial charge >= 0.3 is 0 Å². The van der Waals surface area contributed by atoms with Gasteiger partial charge in [0.2, 0.25) is 5.78 Å². The molecule has 0 spiro atoms. The van der Waals surface area contributed by atoms with E-state index < -0.39 is 5.91 Å². The summed E-state index contributed by atoms with van der Waals surface area (Å²) < 4.78 is 0.666. The van der Waals surface area contributed by atoms with E-state index in [1.807, 2.05) is 6.07 Å². The van der Waals surface area contributed by atoms with Gasteiger partial charge in [-0.1, -0.05) is 48.0 Å². The summed E-state index contributed by atoms with van der Waals surface area (Å²) in [5.41, 5.74) is 1.90. The molecule has 1 aliphatic rings. The van der Waals surface area contributed by atoms with E-state index in [2.05, 4.69) is 20.9 Å². The second-order valence-corrected chi connectivity index (χ2v) is 5.91. The van der Waals surface area contributed by atoms with Gasteiger partial charge in [-0.05, 0) is 34.1 Å². The first-order valence-corrected chi connectivity index (χ1v) is 7.64. The Kier molecular flexibility index (Phi) is 4.05. The molecule has 22 heavy (non-hydrogen) atoms.